The zero-order valence-corrected chi connectivity index (χ0v) is 13.1. The van der Waals surface area contributed by atoms with Gasteiger partial charge in [0.25, 0.3) is 0 Å². The number of aromatic nitrogens is 2. The van der Waals surface area contributed by atoms with Gasteiger partial charge < -0.3 is 9.13 Å². The molecule has 0 aliphatic carbocycles. The smallest absolute Gasteiger partial charge is 0.0528 e. The van der Waals surface area contributed by atoms with E-state index in [2.05, 4.69) is 106 Å². The van der Waals surface area contributed by atoms with Crippen LogP contribution in [0.3, 0.4) is 0 Å². The highest BCUT2D eigenvalue weighted by molar-refractivity contribution is 5.83. The Balaban J connectivity index is 1.69. The highest BCUT2D eigenvalue weighted by atomic mass is 15.0. The molecule has 0 aliphatic heterocycles. The summed E-state index contributed by atoms with van der Waals surface area (Å²) in [6.45, 7) is 0. The van der Waals surface area contributed by atoms with Gasteiger partial charge in [-0.2, -0.15) is 0 Å². The number of nitrogens with zero attached hydrogens (tertiary/aromatic N) is 2. The van der Waals surface area contributed by atoms with E-state index in [-0.39, 0.29) is 0 Å². The van der Waals surface area contributed by atoms with Gasteiger partial charge in [-0.15, -0.1) is 0 Å². The number of benzene rings is 3. The van der Waals surface area contributed by atoms with E-state index >= 15 is 0 Å². The van der Waals surface area contributed by atoms with Gasteiger partial charge in [-0.05, 0) is 53.2 Å². The van der Waals surface area contributed by atoms with Crippen molar-refractivity contribution in [3.8, 4) is 11.4 Å². The molecule has 2 heteroatoms. The van der Waals surface area contributed by atoms with Crippen LogP contribution < -0.4 is 0 Å². The monoisotopic (exact) mass is 308 g/mol. The Morgan fingerprint density at radius 3 is 1.50 bits per heavy atom. The molecular weight excluding hydrogens is 292 g/mol. The van der Waals surface area contributed by atoms with Gasteiger partial charge in [0.1, 0.15) is 0 Å². The maximum Gasteiger partial charge on any atom is 0.0528 e. The first-order valence-electron chi connectivity index (χ1n) is 8.13. The molecule has 0 spiro atoms. The van der Waals surface area contributed by atoms with Crippen molar-refractivity contribution in [1.29, 1.82) is 0 Å². The zero-order chi connectivity index (χ0) is 15.9. The Labute approximate surface area is 140 Å². The average molecular weight is 308 g/mol. The quantitative estimate of drug-likeness (QED) is 0.403. The fourth-order valence-electron chi connectivity index (χ4n) is 3.41. The van der Waals surface area contributed by atoms with Gasteiger partial charge >= 0.3 is 0 Å². The van der Waals surface area contributed by atoms with Crippen LogP contribution in [0.4, 0.5) is 0 Å². The van der Waals surface area contributed by atoms with Crippen LogP contribution in [0.2, 0.25) is 0 Å². The summed E-state index contributed by atoms with van der Waals surface area (Å²) in [6, 6.07) is 29.9. The SMILES string of the molecule is c1cc(-n2ccc3ccccc32)cc(-n2ccc3ccccc32)c1. The number of rotatable bonds is 2. The normalized spacial score (nSPS) is 11.3. The largest absolute Gasteiger partial charge is 0.316 e. The van der Waals surface area contributed by atoms with E-state index < -0.39 is 0 Å². The van der Waals surface area contributed by atoms with Gasteiger partial charge in [-0.1, -0.05) is 42.5 Å². The molecule has 0 N–H and O–H groups in total. The van der Waals surface area contributed by atoms with E-state index in [1.54, 1.807) is 0 Å². The van der Waals surface area contributed by atoms with E-state index in [1.165, 1.54) is 33.2 Å². The summed E-state index contributed by atoms with van der Waals surface area (Å²) in [6.07, 6.45) is 4.27. The minimum absolute atomic E-state index is 1.17. The van der Waals surface area contributed by atoms with Gasteiger partial charge in [0, 0.05) is 23.8 Å². The topological polar surface area (TPSA) is 9.86 Å². The molecule has 0 aliphatic rings. The van der Waals surface area contributed by atoms with Gasteiger partial charge in [-0.3, -0.25) is 0 Å². The lowest BCUT2D eigenvalue weighted by Crippen LogP contribution is -1.96. The lowest BCUT2D eigenvalue weighted by Gasteiger charge is -2.10. The summed E-state index contributed by atoms with van der Waals surface area (Å²) in [5.74, 6) is 0. The summed E-state index contributed by atoms with van der Waals surface area (Å²) in [7, 11) is 0. The van der Waals surface area contributed by atoms with Crippen LogP contribution in [0.1, 0.15) is 0 Å². The molecule has 3 aromatic carbocycles. The Morgan fingerprint density at radius 1 is 0.458 bits per heavy atom. The van der Waals surface area contributed by atoms with E-state index in [4.69, 9.17) is 0 Å². The molecule has 0 amide bonds. The van der Waals surface area contributed by atoms with Crippen molar-refractivity contribution < 1.29 is 0 Å². The highest BCUT2D eigenvalue weighted by Crippen LogP contribution is 2.24. The molecule has 2 nitrogen and oxygen atoms in total. The van der Waals surface area contributed by atoms with Crippen LogP contribution in [0.5, 0.6) is 0 Å². The maximum absolute atomic E-state index is 2.24. The maximum atomic E-state index is 2.24. The summed E-state index contributed by atoms with van der Waals surface area (Å²) in [4.78, 5) is 0. The lowest BCUT2D eigenvalue weighted by molar-refractivity contribution is 1.09. The molecule has 2 aromatic heterocycles. The molecule has 0 fully saturated rings. The van der Waals surface area contributed by atoms with Crippen molar-refractivity contribution in [2.75, 3.05) is 0 Å². The molecule has 5 aromatic rings. The summed E-state index contributed by atoms with van der Waals surface area (Å²) >= 11 is 0. The number of para-hydroxylation sites is 2. The summed E-state index contributed by atoms with van der Waals surface area (Å²) in [5, 5.41) is 2.52. The fraction of sp³-hybridized carbons (Fsp3) is 0. The van der Waals surface area contributed by atoms with Crippen molar-refractivity contribution >= 4 is 21.8 Å². The standard InChI is InChI=1S/C22H16N2/c1-3-10-21-17(6-1)12-14-23(21)19-8-5-9-20(16-19)24-15-13-18-7-2-4-11-22(18)24/h1-16H. The second-order valence-corrected chi connectivity index (χ2v) is 6.01. The second-order valence-electron chi connectivity index (χ2n) is 6.01. The van der Waals surface area contributed by atoms with E-state index in [0.717, 1.165) is 0 Å². The Morgan fingerprint density at radius 2 is 0.958 bits per heavy atom. The molecule has 0 radical (unpaired) electrons. The minimum Gasteiger partial charge on any atom is -0.316 e. The first-order valence-corrected chi connectivity index (χ1v) is 8.13. The third-order valence-corrected chi connectivity index (χ3v) is 4.58. The van der Waals surface area contributed by atoms with Gasteiger partial charge in [0.15, 0.2) is 0 Å². The predicted octanol–water partition coefficient (Wildman–Crippen LogP) is 5.57. The van der Waals surface area contributed by atoms with Crippen LogP contribution in [-0.4, -0.2) is 9.13 Å². The molecule has 0 unspecified atom stereocenters. The van der Waals surface area contributed by atoms with E-state index in [1.807, 2.05) is 0 Å². The molecule has 5 rings (SSSR count). The van der Waals surface area contributed by atoms with Crippen molar-refractivity contribution in [1.82, 2.24) is 9.13 Å². The summed E-state index contributed by atoms with van der Waals surface area (Å²) < 4.78 is 4.48. The van der Waals surface area contributed by atoms with Crippen molar-refractivity contribution in [3.05, 3.63) is 97.3 Å². The van der Waals surface area contributed by atoms with Crippen LogP contribution in [0.25, 0.3) is 33.2 Å². The van der Waals surface area contributed by atoms with Crippen LogP contribution >= 0.6 is 0 Å². The minimum atomic E-state index is 1.17. The average Bonchev–Trinajstić information content (AvgIpc) is 3.26. The first kappa shape index (κ1) is 13.2. The Hall–Kier alpha value is -3.26. The molecule has 114 valence electrons. The van der Waals surface area contributed by atoms with Gasteiger partial charge in [0.2, 0.25) is 0 Å². The fourth-order valence-corrected chi connectivity index (χ4v) is 3.41. The molecule has 24 heavy (non-hydrogen) atoms. The highest BCUT2D eigenvalue weighted by Gasteiger charge is 2.06. The number of hydrogen-bond donors (Lipinski definition) is 0. The lowest BCUT2D eigenvalue weighted by atomic mass is 10.2. The zero-order valence-electron chi connectivity index (χ0n) is 13.1. The molecule has 0 saturated carbocycles. The molecule has 0 bridgehead atoms. The molecule has 0 atom stereocenters. The van der Waals surface area contributed by atoms with Crippen molar-refractivity contribution in [3.63, 3.8) is 0 Å². The molecule has 0 saturated heterocycles. The number of hydrogen-bond acceptors (Lipinski definition) is 0. The predicted molar refractivity (Wildman–Crippen MR) is 100 cm³/mol. The third-order valence-electron chi connectivity index (χ3n) is 4.58. The van der Waals surface area contributed by atoms with Crippen molar-refractivity contribution in [2.24, 2.45) is 0 Å². The van der Waals surface area contributed by atoms with E-state index in [0.29, 0.717) is 0 Å². The number of fused-ring (bicyclic) bond motifs is 2. The van der Waals surface area contributed by atoms with Gasteiger partial charge in [-0.25, -0.2) is 0 Å². The Bertz CT molecular complexity index is 1070. The second kappa shape index (κ2) is 5.14. The molecular formula is C22H16N2. The summed E-state index contributed by atoms with van der Waals surface area (Å²) in [5.41, 5.74) is 4.80. The van der Waals surface area contributed by atoms with Crippen molar-refractivity contribution in [2.45, 2.75) is 0 Å². The Kier molecular flexibility index (Phi) is 2.83. The van der Waals surface area contributed by atoms with Crippen LogP contribution in [0.15, 0.2) is 97.3 Å². The third kappa shape index (κ3) is 1.97. The van der Waals surface area contributed by atoms with Gasteiger partial charge in [0.05, 0.1) is 11.0 Å². The van der Waals surface area contributed by atoms with E-state index in [9.17, 15) is 0 Å². The van der Waals surface area contributed by atoms with Crippen LogP contribution in [0, 0.1) is 0 Å². The first-order chi connectivity index (χ1) is 11.9. The van der Waals surface area contributed by atoms with Crippen LogP contribution in [-0.2, 0) is 0 Å². The molecule has 2 heterocycles.